The number of benzene rings is 2. The van der Waals surface area contributed by atoms with Crippen LogP contribution in [0.4, 0.5) is 11.4 Å². The molecular weight excluding hydrogens is 376 g/mol. The number of amides is 1. The molecule has 1 aliphatic rings. The molecule has 0 aliphatic carbocycles. The maximum absolute atomic E-state index is 12.6. The first-order chi connectivity index (χ1) is 14.6. The summed E-state index contributed by atoms with van der Waals surface area (Å²) in [6.45, 7) is 3.87. The minimum atomic E-state index is -0.295. The second-order valence-electron chi connectivity index (χ2n) is 7.73. The van der Waals surface area contributed by atoms with Crippen molar-refractivity contribution in [3.05, 3.63) is 84.2 Å². The van der Waals surface area contributed by atoms with Crippen LogP contribution in [0.25, 0.3) is 0 Å². The van der Waals surface area contributed by atoms with Gasteiger partial charge in [-0.25, -0.2) is 0 Å². The van der Waals surface area contributed by atoms with Crippen LogP contribution < -0.4 is 20.7 Å². The van der Waals surface area contributed by atoms with Crippen LogP contribution in [0, 0.1) is 0 Å². The van der Waals surface area contributed by atoms with Crippen LogP contribution in [0.15, 0.2) is 72.9 Å². The average Bonchev–Trinajstić information content (AvgIpc) is 2.78. The van der Waals surface area contributed by atoms with Crippen molar-refractivity contribution in [1.82, 2.24) is 10.3 Å². The zero-order valence-corrected chi connectivity index (χ0v) is 17.0. The van der Waals surface area contributed by atoms with Crippen LogP contribution in [-0.4, -0.2) is 36.1 Å². The number of hydrogen-bond acceptors (Lipinski definition) is 5. The molecule has 1 unspecified atom stereocenters. The number of carbonyl (C=O) groups is 1. The van der Waals surface area contributed by atoms with Gasteiger partial charge in [-0.2, -0.15) is 0 Å². The number of aromatic nitrogens is 1. The van der Waals surface area contributed by atoms with Gasteiger partial charge in [-0.3, -0.25) is 9.78 Å². The van der Waals surface area contributed by atoms with Crippen molar-refractivity contribution in [2.45, 2.75) is 18.9 Å². The summed E-state index contributed by atoms with van der Waals surface area (Å²) in [7, 11) is 0. The molecule has 0 saturated heterocycles. The summed E-state index contributed by atoms with van der Waals surface area (Å²) in [4.78, 5) is 16.9. The Labute approximate surface area is 176 Å². The SMILES string of the molecule is CC1(CNc2ccccc2)COc2ccc(C(=O)NCCc3ccccn3)cc2N1. The molecule has 1 aromatic heterocycles. The Kier molecular flexibility index (Phi) is 5.84. The quantitative estimate of drug-likeness (QED) is 0.562. The van der Waals surface area contributed by atoms with Gasteiger partial charge in [0.25, 0.3) is 5.91 Å². The fourth-order valence-corrected chi connectivity index (χ4v) is 3.39. The van der Waals surface area contributed by atoms with E-state index in [1.54, 1.807) is 12.3 Å². The van der Waals surface area contributed by atoms with Crippen LogP contribution in [0.1, 0.15) is 23.0 Å². The molecule has 1 atom stereocenters. The van der Waals surface area contributed by atoms with Gasteiger partial charge in [0.1, 0.15) is 12.4 Å². The van der Waals surface area contributed by atoms with Crippen molar-refractivity contribution in [3.63, 3.8) is 0 Å². The van der Waals surface area contributed by atoms with E-state index in [-0.39, 0.29) is 11.4 Å². The van der Waals surface area contributed by atoms with Gasteiger partial charge in [0.15, 0.2) is 0 Å². The molecule has 3 aromatic rings. The topological polar surface area (TPSA) is 75.3 Å². The first-order valence-corrected chi connectivity index (χ1v) is 10.1. The third-order valence-electron chi connectivity index (χ3n) is 5.07. The molecule has 30 heavy (non-hydrogen) atoms. The van der Waals surface area contributed by atoms with Crippen molar-refractivity contribution in [1.29, 1.82) is 0 Å². The van der Waals surface area contributed by atoms with E-state index in [4.69, 9.17) is 4.74 Å². The van der Waals surface area contributed by atoms with Gasteiger partial charge < -0.3 is 20.7 Å². The Bertz CT molecular complexity index is 995. The molecule has 2 aromatic carbocycles. The van der Waals surface area contributed by atoms with Gasteiger partial charge in [-0.05, 0) is 49.4 Å². The second kappa shape index (κ2) is 8.86. The molecule has 3 N–H and O–H groups in total. The normalized spacial score (nSPS) is 17.2. The van der Waals surface area contributed by atoms with Crippen LogP contribution in [0.3, 0.4) is 0 Å². The van der Waals surface area contributed by atoms with Crippen LogP contribution >= 0.6 is 0 Å². The highest BCUT2D eigenvalue weighted by atomic mass is 16.5. The van der Waals surface area contributed by atoms with Crippen LogP contribution in [0.5, 0.6) is 5.75 Å². The minimum Gasteiger partial charge on any atom is -0.489 e. The van der Waals surface area contributed by atoms with E-state index in [2.05, 4.69) is 27.9 Å². The molecule has 154 valence electrons. The highest BCUT2D eigenvalue weighted by Gasteiger charge is 2.31. The minimum absolute atomic E-state index is 0.106. The summed E-state index contributed by atoms with van der Waals surface area (Å²) in [5.74, 6) is 0.655. The number of anilines is 2. The molecule has 2 heterocycles. The lowest BCUT2D eigenvalue weighted by atomic mass is 10.00. The highest BCUT2D eigenvalue weighted by molar-refractivity contribution is 5.95. The molecule has 6 nitrogen and oxygen atoms in total. The molecule has 0 radical (unpaired) electrons. The predicted octanol–water partition coefficient (Wildman–Crippen LogP) is 3.73. The van der Waals surface area contributed by atoms with Gasteiger partial charge in [-0.1, -0.05) is 24.3 Å². The van der Waals surface area contributed by atoms with E-state index in [9.17, 15) is 4.79 Å². The Balaban J connectivity index is 1.36. The standard InChI is InChI=1S/C24H26N4O2/c1-24(16-27-19-7-3-2-4-8-19)17-30-22-11-10-18(15-21(22)28-24)23(29)26-14-12-20-9-5-6-13-25-20/h2-11,13,15,27-28H,12,14,16-17H2,1H3,(H,26,29). The Morgan fingerprint density at radius 3 is 2.77 bits per heavy atom. The zero-order valence-electron chi connectivity index (χ0n) is 17.0. The third kappa shape index (κ3) is 4.89. The molecule has 6 heteroatoms. The molecular formula is C24H26N4O2. The Morgan fingerprint density at radius 2 is 1.97 bits per heavy atom. The summed E-state index contributed by atoms with van der Waals surface area (Å²) < 4.78 is 5.96. The lowest BCUT2D eigenvalue weighted by Crippen LogP contribution is -2.49. The fourth-order valence-electron chi connectivity index (χ4n) is 3.39. The lowest BCUT2D eigenvalue weighted by molar-refractivity contribution is 0.0954. The number of rotatable bonds is 7. The van der Waals surface area contributed by atoms with E-state index < -0.39 is 0 Å². The van der Waals surface area contributed by atoms with Crippen LogP contribution in [0.2, 0.25) is 0 Å². The van der Waals surface area contributed by atoms with Gasteiger partial charge >= 0.3 is 0 Å². The van der Waals surface area contributed by atoms with Crippen molar-refractivity contribution >= 4 is 17.3 Å². The van der Waals surface area contributed by atoms with Gasteiger partial charge in [0.2, 0.25) is 0 Å². The first kappa shape index (κ1) is 19.8. The first-order valence-electron chi connectivity index (χ1n) is 10.1. The number of carbonyl (C=O) groups excluding carboxylic acids is 1. The molecule has 0 bridgehead atoms. The molecule has 0 spiro atoms. The monoisotopic (exact) mass is 402 g/mol. The molecule has 0 saturated carbocycles. The largest absolute Gasteiger partial charge is 0.489 e. The van der Waals surface area contributed by atoms with Gasteiger partial charge in [0, 0.05) is 42.7 Å². The molecule has 0 fully saturated rings. The lowest BCUT2D eigenvalue weighted by Gasteiger charge is -2.37. The van der Waals surface area contributed by atoms with E-state index in [0.29, 0.717) is 31.7 Å². The number of fused-ring (bicyclic) bond motifs is 1. The van der Waals surface area contributed by atoms with Crippen molar-refractivity contribution in [3.8, 4) is 5.75 Å². The van der Waals surface area contributed by atoms with Crippen molar-refractivity contribution in [2.24, 2.45) is 0 Å². The van der Waals surface area contributed by atoms with Gasteiger partial charge in [-0.15, -0.1) is 0 Å². The van der Waals surface area contributed by atoms with E-state index in [0.717, 1.165) is 22.8 Å². The summed E-state index contributed by atoms with van der Waals surface area (Å²) >= 11 is 0. The van der Waals surface area contributed by atoms with Gasteiger partial charge in [0.05, 0.1) is 11.2 Å². The third-order valence-corrected chi connectivity index (χ3v) is 5.07. The summed E-state index contributed by atoms with van der Waals surface area (Å²) in [6.07, 6.45) is 2.46. The maximum atomic E-state index is 12.6. The molecule has 4 rings (SSSR count). The van der Waals surface area contributed by atoms with E-state index in [1.165, 1.54) is 0 Å². The van der Waals surface area contributed by atoms with E-state index >= 15 is 0 Å². The maximum Gasteiger partial charge on any atom is 0.251 e. The summed E-state index contributed by atoms with van der Waals surface area (Å²) in [5.41, 5.74) is 3.16. The predicted molar refractivity (Wildman–Crippen MR) is 119 cm³/mol. The zero-order chi connectivity index (χ0) is 20.8. The molecule has 1 amide bonds. The average molecular weight is 402 g/mol. The van der Waals surface area contributed by atoms with Crippen molar-refractivity contribution in [2.75, 3.05) is 30.3 Å². The summed E-state index contributed by atoms with van der Waals surface area (Å²) in [5, 5.41) is 9.94. The number of pyridine rings is 1. The van der Waals surface area contributed by atoms with E-state index in [1.807, 2.05) is 60.7 Å². The number of para-hydroxylation sites is 1. The number of hydrogen-bond donors (Lipinski definition) is 3. The molecule has 1 aliphatic heterocycles. The smallest absolute Gasteiger partial charge is 0.251 e. The van der Waals surface area contributed by atoms with Crippen molar-refractivity contribution < 1.29 is 9.53 Å². The summed E-state index contributed by atoms with van der Waals surface area (Å²) in [6, 6.07) is 21.4. The number of ether oxygens (including phenoxy) is 1. The number of nitrogens with zero attached hydrogens (tertiary/aromatic N) is 1. The Morgan fingerprint density at radius 1 is 1.13 bits per heavy atom. The second-order valence-corrected chi connectivity index (χ2v) is 7.73. The Hall–Kier alpha value is -3.54. The fraction of sp³-hybridized carbons (Fsp3) is 0.250. The highest BCUT2D eigenvalue weighted by Crippen LogP contribution is 2.33. The van der Waals surface area contributed by atoms with Crippen LogP contribution in [-0.2, 0) is 6.42 Å². The number of nitrogens with one attached hydrogen (secondary N) is 3.